The number of aromatic nitrogens is 2. The summed E-state index contributed by atoms with van der Waals surface area (Å²) in [5.74, 6) is 0.514. The van der Waals surface area contributed by atoms with Crippen LogP contribution in [-0.4, -0.2) is 16.7 Å². The monoisotopic (exact) mass is 288 g/mol. The molecule has 1 N–H and O–H groups in total. The number of nitrogens with one attached hydrogen (secondary N) is 1. The third kappa shape index (κ3) is 2.20. The molecule has 0 saturated carbocycles. The topological polar surface area (TPSA) is 29.9 Å². The number of nitrogens with zero attached hydrogens (tertiary/aromatic N) is 1. The fraction of sp³-hybridized carbons (Fsp3) is 0.133. The zero-order valence-electron chi connectivity index (χ0n) is 10.9. The second-order valence-corrected chi connectivity index (χ2v) is 4.88. The third-order valence-corrected chi connectivity index (χ3v) is 3.58. The number of H-pyrrole nitrogens is 1. The molecule has 5 heteroatoms. The number of imidazole rings is 1. The molecular formula is C15H13FN2OS. The standard InChI is InChI=1S/C15H13FN2OS/c1-19-14-5-3-2-4-10(14)9-18-13-8-11(16)6-7-12(13)17-15(18)20/h2-8H,9H2,1H3,(H,17,20). The van der Waals surface area contributed by atoms with E-state index in [1.54, 1.807) is 13.2 Å². The first-order valence-electron chi connectivity index (χ1n) is 6.19. The molecule has 20 heavy (non-hydrogen) atoms. The van der Waals surface area contributed by atoms with Crippen molar-refractivity contribution in [2.24, 2.45) is 0 Å². The van der Waals surface area contributed by atoms with Crippen molar-refractivity contribution in [3.05, 3.63) is 58.6 Å². The van der Waals surface area contributed by atoms with Crippen molar-refractivity contribution >= 4 is 23.3 Å². The summed E-state index contributed by atoms with van der Waals surface area (Å²) in [5, 5.41) is 0. The second-order valence-electron chi connectivity index (χ2n) is 4.49. The predicted octanol–water partition coefficient (Wildman–Crippen LogP) is 3.89. The molecule has 0 radical (unpaired) electrons. The Morgan fingerprint density at radius 1 is 1.25 bits per heavy atom. The normalized spacial score (nSPS) is 10.9. The van der Waals surface area contributed by atoms with Gasteiger partial charge in [0.1, 0.15) is 11.6 Å². The molecule has 1 heterocycles. The van der Waals surface area contributed by atoms with E-state index in [9.17, 15) is 4.39 Å². The Morgan fingerprint density at radius 3 is 2.85 bits per heavy atom. The fourth-order valence-electron chi connectivity index (χ4n) is 2.29. The molecule has 0 fully saturated rings. The van der Waals surface area contributed by atoms with Crippen LogP contribution in [-0.2, 0) is 6.54 Å². The maximum Gasteiger partial charge on any atom is 0.178 e. The van der Waals surface area contributed by atoms with Crippen molar-refractivity contribution in [1.82, 2.24) is 9.55 Å². The van der Waals surface area contributed by atoms with Crippen molar-refractivity contribution in [2.45, 2.75) is 6.54 Å². The van der Waals surface area contributed by atoms with Gasteiger partial charge in [-0.05, 0) is 36.5 Å². The van der Waals surface area contributed by atoms with Gasteiger partial charge in [0.25, 0.3) is 0 Å². The molecule has 3 aromatic rings. The van der Waals surface area contributed by atoms with E-state index < -0.39 is 0 Å². The van der Waals surface area contributed by atoms with Gasteiger partial charge in [0.05, 0.1) is 24.7 Å². The summed E-state index contributed by atoms with van der Waals surface area (Å²) in [6.07, 6.45) is 0. The molecule has 3 rings (SSSR count). The number of benzene rings is 2. The average molecular weight is 288 g/mol. The first kappa shape index (κ1) is 12.9. The molecule has 0 unspecified atom stereocenters. The van der Waals surface area contributed by atoms with E-state index in [1.807, 2.05) is 28.8 Å². The largest absolute Gasteiger partial charge is 0.496 e. The molecule has 1 aromatic heterocycles. The number of methoxy groups -OCH3 is 1. The second kappa shape index (κ2) is 5.09. The van der Waals surface area contributed by atoms with E-state index in [4.69, 9.17) is 17.0 Å². The Labute approximate surface area is 120 Å². The van der Waals surface area contributed by atoms with Crippen LogP contribution in [0.4, 0.5) is 4.39 Å². The number of rotatable bonds is 3. The Balaban J connectivity index is 2.13. The minimum Gasteiger partial charge on any atom is -0.496 e. The highest BCUT2D eigenvalue weighted by Gasteiger charge is 2.08. The molecule has 2 aromatic carbocycles. The Bertz CT molecular complexity index is 822. The summed E-state index contributed by atoms with van der Waals surface area (Å²) >= 11 is 5.32. The van der Waals surface area contributed by atoms with Crippen LogP contribution in [0.15, 0.2) is 42.5 Å². The highest BCUT2D eigenvalue weighted by atomic mass is 32.1. The predicted molar refractivity (Wildman–Crippen MR) is 79.2 cm³/mol. The molecule has 0 atom stereocenters. The molecule has 0 amide bonds. The van der Waals surface area contributed by atoms with Crippen molar-refractivity contribution in [3.63, 3.8) is 0 Å². The molecule has 0 saturated heterocycles. The minimum atomic E-state index is -0.278. The van der Waals surface area contributed by atoms with Gasteiger partial charge in [0.15, 0.2) is 4.77 Å². The maximum absolute atomic E-state index is 13.4. The average Bonchev–Trinajstić information content (AvgIpc) is 2.76. The highest BCUT2D eigenvalue weighted by Crippen LogP contribution is 2.22. The molecule has 0 aliphatic carbocycles. The van der Waals surface area contributed by atoms with Gasteiger partial charge in [-0.2, -0.15) is 0 Å². The third-order valence-electron chi connectivity index (χ3n) is 3.26. The number of ether oxygens (including phenoxy) is 1. The Kier molecular flexibility index (Phi) is 3.28. The van der Waals surface area contributed by atoms with Crippen molar-refractivity contribution < 1.29 is 9.13 Å². The number of hydrogen-bond acceptors (Lipinski definition) is 2. The molecule has 0 aliphatic heterocycles. The maximum atomic E-state index is 13.4. The number of hydrogen-bond donors (Lipinski definition) is 1. The zero-order valence-corrected chi connectivity index (χ0v) is 11.7. The van der Waals surface area contributed by atoms with Crippen LogP contribution < -0.4 is 4.74 Å². The molecular weight excluding hydrogens is 275 g/mol. The van der Waals surface area contributed by atoms with Crippen molar-refractivity contribution in [1.29, 1.82) is 0 Å². The van der Waals surface area contributed by atoms with Gasteiger partial charge in [-0.15, -0.1) is 0 Å². The van der Waals surface area contributed by atoms with Gasteiger partial charge < -0.3 is 14.3 Å². The molecule has 3 nitrogen and oxygen atoms in total. The summed E-state index contributed by atoms with van der Waals surface area (Å²) < 4.78 is 21.2. The number of para-hydroxylation sites is 1. The lowest BCUT2D eigenvalue weighted by Gasteiger charge is -2.09. The first-order chi connectivity index (χ1) is 9.69. The van der Waals surface area contributed by atoms with E-state index in [0.717, 1.165) is 22.3 Å². The van der Waals surface area contributed by atoms with Crippen molar-refractivity contribution in [3.8, 4) is 5.75 Å². The Hall–Kier alpha value is -2.14. The van der Waals surface area contributed by atoms with Gasteiger partial charge in [-0.3, -0.25) is 0 Å². The highest BCUT2D eigenvalue weighted by molar-refractivity contribution is 7.71. The number of fused-ring (bicyclic) bond motifs is 1. The number of aromatic amines is 1. The zero-order chi connectivity index (χ0) is 14.1. The summed E-state index contributed by atoms with van der Waals surface area (Å²) in [7, 11) is 1.63. The van der Waals surface area contributed by atoms with Gasteiger partial charge >= 0.3 is 0 Å². The van der Waals surface area contributed by atoms with Gasteiger partial charge in [-0.25, -0.2) is 4.39 Å². The smallest absolute Gasteiger partial charge is 0.178 e. The summed E-state index contributed by atoms with van der Waals surface area (Å²) in [5.41, 5.74) is 2.57. The molecule has 0 aliphatic rings. The van der Waals surface area contributed by atoms with E-state index in [2.05, 4.69) is 4.98 Å². The lowest BCUT2D eigenvalue weighted by atomic mass is 10.2. The molecule has 0 spiro atoms. The van der Waals surface area contributed by atoms with Crippen LogP contribution in [0.5, 0.6) is 5.75 Å². The van der Waals surface area contributed by atoms with Crippen molar-refractivity contribution in [2.75, 3.05) is 7.11 Å². The van der Waals surface area contributed by atoms with Crippen LogP contribution >= 0.6 is 12.2 Å². The summed E-state index contributed by atoms with van der Waals surface area (Å²) in [6, 6.07) is 12.3. The summed E-state index contributed by atoms with van der Waals surface area (Å²) in [4.78, 5) is 3.08. The van der Waals surface area contributed by atoms with Gasteiger partial charge in [0.2, 0.25) is 0 Å². The van der Waals surface area contributed by atoms with E-state index >= 15 is 0 Å². The van der Waals surface area contributed by atoms with Gasteiger partial charge in [-0.1, -0.05) is 18.2 Å². The van der Waals surface area contributed by atoms with Crippen LogP contribution in [0, 0.1) is 10.6 Å². The fourth-order valence-corrected chi connectivity index (χ4v) is 2.56. The number of halogens is 1. The first-order valence-corrected chi connectivity index (χ1v) is 6.60. The van der Waals surface area contributed by atoms with E-state index in [0.29, 0.717) is 11.3 Å². The lowest BCUT2D eigenvalue weighted by molar-refractivity contribution is 0.408. The van der Waals surface area contributed by atoms with Crippen LogP contribution in [0.25, 0.3) is 11.0 Å². The summed E-state index contributed by atoms with van der Waals surface area (Å²) in [6.45, 7) is 0.534. The minimum absolute atomic E-state index is 0.278. The SMILES string of the molecule is COc1ccccc1Cn1c(=S)[nH]c2ccc(F)cc21. The van der Waals surface area contributed by atoms with Gasteiger partial charge in [0, 0.05) is 5.56 Å². The van der Waals surface area contributed by atoms with E-state index in [-0.39, 0.29) is 5.82 Å². The van der Waals surface area contributed by atoms with E-state index in [1.165, 1.54) is 12.1 Å². The van der Waals surface area contributed by atoms with Crippen LogP contribution in [0.3, 0.4) is 0 Å². The molecule has 102 valence electrons. The lowest BCUT2D eigenvalue weighted by Crippen LogP contribution is -2.02. The van der Waals surface area contributed by atoms with Crippen LogP contribution in [0.2, 0.25) is 0 Å². The quantitative estimate of drug-likeness (QED) is 0.741. The Morgan fingerprint density at radius 2 is 2.05 bits per heavy atom. The van der Waals surface area contributed by atoms with Crippen LogP contribution in [0.1, 0.15) is 5.56 Å². The molecule has 0 bridgehead atoms.